The van der Waals surface area contributed by atoms with E-state index in [2.05, 4.69) is 13.8 Å². The molecule has 0 saturated heterocycles. The van der Waals surface area contributed by atoms with E-state index < -0.39 is 11.2 Å². The Bertz CT molecular complexity index is 696. The summed E-state index contributed by atoms with van der Waals surface area (Å²) in [4.78, 5) is 0. The SMILES string of the molecule is C[C@]12CCC3[C@H](C1C1C[C@@H]1[C@@]2(O)[13CH2][13CH2][13CH2]O)[C@H]1C[C@H]1[C@]1(O)C[C@@H](O)CC[C@]31C. The van der Waals surface area contributed by atoms with Gasteiger partial charge in [-0.3, -0.25) is 0 Å². The number of aliphatic hydroxyl groups excluding tert-OH is 2. The molecule has 0 aromatic rings. The van der Waals surface area contributed by atoms with Crippen molar-refractivity contribution in [1.29, 1.82) is 0 Å². The first-order valence-corrected chi connectivity index (χ1v) is 11.9. The highest BCUT2D eigenvalue weighted by Crippen LogP contribution is 2.82. The van der Waals surface area contributed by atoms with Crippen LogP contribution < -0.4 is 0 Å². The summed E-state index contributed by atoms with van der Waals surface area (Å²) in [5, 5.41) is 43.4. The molecule has 4 heteroatoms. The Morgan fingerprint density at radius 1 is 0.893 bits per heavy atom. The number of fused-ring (bicyclic) bond motifs is 10. The average molecular weight is 394 g/mol. The molecular weight excluding hydrogens is 355 g/mol. The first-order valence-electron chi connectivity index (χ1n) is 11.9. The molecule has 0 bridgehead atoms. The Morgan fingerprint density at radius 3 is 2.36 bits per heavy atom. The summed E-state index contributed by atoms with van der Waals surface area (Å²) >= 11 is 0. The maximum absolute atomic E-state index is 11.9. The van der Waals surface area contributed by atoms with Crippen LogP contribution in [0.5, 0.6) is 0 Å². The number of hydrogen-bond acceptors (Lipinski definition) is 4. The first-order chi connectivity index (χ1) is 13.2. The lowest BCUT2D eigenvalue weighted by Crippen LogP contribution is -2.65. The molecule has 0 aliphatic heterocycles. The molecule has 12 atom stereocenters. The van der Waals surface area contributed by atoms with Crippen LogP contribution in [0.4, 0.5) is 0 Å². The van der Waals surface area contributed by atoms with Gasteiger partial charge < -0.3 is 20.4 Å². The molecule has 0 amide bonds. The molecule has 0 spiro atoms. The minimum absolute atomic E-state index is 0.0238. The highest BCUT2D eigenvalue weighted by Gasteiger charge is 2.80. The third kappa shape index (κ3) is 1.89. The Morgan fingerprint density at radius 2 is 1.61 bits per heavy atom. The molecular formula is C24H38O4. The fourth-order valence-corrected chi connectivity index (χ4v) is 10.1. The lowest BCUT2D eigenvalue weighted by atomic mass is 9.42. The van der Waals surface area contributed by atoms with Crippen LogP contribution in [0.15, 0.2) is 0 Å². The number of rotatable bonds is 3. The third-order valence-electron chi connectivity index (χ3n) is 11.5. The van der Waals surface area contributed by atoms with Gasteiger partial charge in [0.25, 0.3) is 0 Å². The molecule has 4 N–H and O–H groups in total. The summed E-state index contributed by atoms with van der Waals surface area (Å²) in [6, 6.07) is 0. The van der Waals surface area contributed by atoms with Crippen LogP contribution in [0.25, 0.3) is 0 Å². The summed E-state index contributed by atoms with van der Waals surface area (Å²) in [5.41, 5.74) is -1.38. The average Bonchev–Trinajstić information content (AvgIpc) is 3.54. The summed E-state index contributed by atoms with van der Waals surface area (Å²) in [5.74, 6) is 3.82. The van der Waals surface area contributed by atoms with E-state index >= 15 is 0 Å². The van der Waals surface area contributed by atoms with E-state index in [-0.39, 0.29) is 23.5 Å². The van der Waals surface area contributed by atoms with Gasteiger partial charge in [-0.25, -0.2) is 0 Å². The van der Waals surface area contributed by atoms with E-state index in [4.69, 9.17) is 0 Å². The van der Waals surface area contributed by atoms with Gasteiger partial charge in [0.15, 0.2) is 0 Å². The van der Waals surface area contributed by atoms with Crippen LogP contribution in [0.1, 0.15) is 71.6 Å². The van der Waals surface area contributed by atoms with Gasteiger partial charge in [-0.1, -0.05) is 13.8 Å². The van der Waals surface area contributed by atoms with Crippen molar-refractivity contribution in [3.05, 3.63) is 0 Å². The zero-order valence-corrected chi connectivity index (χ0v) is 17.5. The zero-order chi connectivity index (χ0) is 19.7. The molecule has 6 rings (SSSR count). The van der Waals surface area contributed by atoms with E-state index in [1.165, 1.54) is 6.42 Å². The predicted octanol–water partition coefficient (Wildman–Crippen LogP) is 2.72. The van der Waals surface area contributed by atoms with Crippen molar-refractivity contribution in [1.82, 2.24) is 0 Å². The van der Waals surface area contributed by atoms with E-state index in [1.54, 1.807) is 0 Å². The van der Waals surface area contributed by atoms with E-state index in [0.29, 0.717) is 54.3 Å². The third-order valence-corrected chi connectivity index (χ3v) is 11.5. The highest BCUT2D eigenvalue weighted by molar-refractivity contribution is 5.29. The van der Waals surface area contributed by atoms with Gasteiger partial charge in [0.05, 0.1) is 17.3 Å². The van der Waals surface area contributed by atoms with E-state index in [1.807, 2.05) is 0 Å². The molecule has 6 fully saturated rings. The van der Waals surface area contributed by atoms with Crippen LogP contribution in [-0.2, 0) is 0 Å². The minimum atomic E-state index is -0.682. The maximum atomic E-state index is 11.9. The van der Waals surface area contributed by atoms with Gasteiger partial charge in [0.1, 0.15) is 0 Å². The molecule has 6 saturated carbocycles. The lowest BCUT2D eigenvalue weighted by Gasteiger charge is -2.64. The highest BCUT2D eigenvalue weighted by atomic mass is 16.3. The standard InChI is InChI=1S/C24H38O4/c1-21-7-4-13(26)12-24(21,28)17-10-14(17)19-16(21)5-8-22(2)20(19)15-11-18(15)23(22,27)6-3-9-25/h13-20,25-28H,3-12H2,1-2H3/t13-,14-,15?,16?,17+,18-,19+,20?,21+,22-,23-,24+/m0/s1/i3+1,6+1,9+1. The molecule has 158 valence electrons. The van der Waals surface area contributed by atoms with Gasteiger partial charge in [-0.05, 0) is 104 Å². The minimum Gasteiger partial charge on any atom is -0.396 e. The van der Waals surface area contributed by atoms with Gasteiger partial charge in [0.2, 0.25) is 0 Å². The predicted molar refractivity (Wildman–Crippen MR) is 105 cm³/mol. The Hall–Kier alpha value is -0.160. The smallest absolute Gasteiger partial charge is 0.0759 e. The van der Waals surface area contributed by atoms with Crippen molar-refractivity contribution in [2.24, 2.45) is 52.3 Å². The second kappa shape index (κ2) is 5.36. The van der Waals surface area contributed by atoms with Crippen molar-refractivity contribution >= 4 is 0 Å². The first kappa shape index (κ1) is 18.6. The van der Waals surface area contributed by atoms with Crippen LogP contribution in [0, 0.1) is 52.3 Å². The van der Waals surface area contributed by atoms with Gasteiger partial charge in [-0.15, -0.1) is 0 Å². The molecule has 0 heterocycles. The summed E-state index contributed by atoms with van der Waals surface area (Å²) in [6.07, 6.45) is 7.91. The molecule has 6 aliphatic carbocycles. The van der Waals surface area contributed by atoms with Crippen LogP contribution in [-0.4, -0.2) is 44.3 Å². The molecule has 0 aromatic heterocycles. The topological polar surface area (TPSA) is 80.9 Å². The molecule has 4 nitrogen and oxygen atoms in total. The number of hydrogen-bond donors (Lipinski definition) is 4. The zero-order valence-electron chi connectivity index (χ0n) is 17.5. The van der Waals surface area contributed by atoms with E-state index in [0.717, 1.165) is 38.5 Å². The molecule has 28 heavy (non-hydrogen) atoms. The summed E-state index contributed by atoms with van der Waals surface area (Å²) in [6.45, 7) is 4.87. The quantitative estimate of drug-likeness (QED) is 0.556. The van der Waals surface area contributed by atoms with Crippen molar-refractivity contribution in [3.8, 4) is 0 Å². The van der Waals surface area contributed by atoms with Crippen molar-refractivity contribution in [2.45, 2.75) is 88.9 Å². The second-order valence-electron chi connectivity index (χ2n) is 12.2. The second-order valence-corrected chi connectivity index (χ2v) is 12.2. The van der Waals surface area contributed by atoms with Crippen LogP contribution in [0.2, 0.25) is 0 Å². The maximum Gasteiger partial charge on any atom is 0.0759 e. The van der Waals surface area contributed by atoms with Crippen molar-refractivity contribution < 1.29 is 20.4 Å². The molecule has 0 aromatic carbocycles. The van der Waals surface area contributed by atoms with Gasteiger partial charge >= 0.3 is 0 Å². The Labute approximate surface area is 168 Å². The fourth-order valence-electron chi connectivity index (χ4n) is 10.1. The van der Waals surface area contributed by atoms with Gasteiger partial charge in [0, 0.05) is 13.0 Å². The summed E-state index contributed by atoms with van der Waals surface area (Å²) < 4.78 is 0. The van der Waals surface area contributed by atoms with Crippen LogP contribution in [0.3, 0.4) is 0 Å². The molecule has 0 radical (unpaired) electrons. The van der Waals surface area contributed by atoms with E-state index in [9.17, 15) is 20.4 Å². The monoisotopic (exact) mass is 393 g/mol. The summed E-state index contributed by atoms with van der Waals surface area (Å²) in [7, 11) is 0. The largest absolute Gasteiger partial charge is 0.396 e. The Kier molecular flexibility index (Phi) is 3.56. The molecule has 6 aliphatic rings. The lowest BCUT2D eigenvalue weighted by molar-refractivity contribution is -0.237. The van der Waals surface area contributed by atoms with Gasteiger partial charge in [-0.2, -0.15) is 0 Å². The Balaban J connectivity index is 1.38. The normalized spacial score (nSPS) is 66.2. The van der Waals surface area contributed by atoms with Crippen molar-refractivity contribution in [3.63, 3.8) is 0 Å². The fraction of sp³-hybridized carbons (Fsp3) is 1.00. The number of aliphatic hydroxyl groups is 4. The molecule has 3 unspecified atom stereocenters. The van der Waals surface area contributed by atoms with Crippen molar-refractivity contribution in [2.75, 3.05) is 6.61 Å². The van der Waals surface area contributed by atoms with Crippen LogP contribution >= 0.6 is 0 Å².